The van der Waals surface area contributed by atoms with Gasteiger partial charge in [0.1, 0.15) is 37.1 Å². The van der Waals surface area contributed by atoms with E-state index in [0.717, 1.165) is 63.4 Å². The van der Waals surface area contributed by atoms with E-state index in [0.29, 0.717) is 31.1 Å². The van der Waals surface area contributed by atoms with Gasteiger partial charge in [-0.05, 0) is 93.2 Å². The summed E-state index contributed by atoms with van der Waals surface area (Å²) in [7, 11) is 0. The topological polar surface area (TPSA) is 134 Å². The molecule has 12 nitrogen and oxygen atoms in total. The standard InChI is InChI=1S/C35H42O12/c36-30(22-42-33-7-1-4-16-39-33)45-27-14-12-25(13-15-27)10-11-26-19-28(46-31(37)23-43-34-8-2-5-17-40-34)21-29(20-26)47-32(38)24-44-35-9-3-6-18-41-35/h10-15,19-21,33-35H,1-9,16-18,22-24H2/b11-10+. The second-order valence-electron chi connectivity index (χ2n) is 11.4. The Labute approximate surface area is 274 Å². The fourth-order valence-electron chi connectivity index (χ4n) is 5.14. The van der Waals surface area contributed by atoms with Crippen molar-refractivity contribution < 1.29 is 57.0 Å². The van der Waals surface area contributed by atoms with E-state index in [2.05, 4.69) is 0 Å². The van der Waals surface area contributed by atoms with Crippen LogP contribution >= 0.6 is 0 Å². The second-order valence-corrected chi connectivity index (χ2v) is 11.4. The van der Waals surface area contributed by atoms with Crippen molar-refractivity contribution in [3.05, 3.63) is 53.6 Å². The predicted molar refractivity (Wildman–Crippen MR) is 167 cm³/mol. The van der Waals surface area contributed by atoms with Crippen molar-refractivity contribution in [1.82, 2.24) is 0 Å². The zero-order valence-corrected chi connectivity index (χ0v) is 26.4. The van der Waals surface area contributed by atoms with Crippen molar-refractivity contribution >= 4 is 30.1 Å². The number of hydrogen-bond acceptors (Lipinski definition) is 12. The number of rotatable bonds is 14. The molecule has 0 spiro atoms. The van der Waals surface area contributed by atoms with Gasteiger partial charge in [-0.3, -0.25) is 0 Å². The zero-order valence-electron chi connectivity index (χ0n) is 26.4. The van der Waals surface area contributed by atoms with Gasteiger partial charge in [0.2, 0.25) is 0 Å². The molecule has 3 atom stereocenters. The summed E-state index contributed by atoms with van der Waals surface area (Å²) in [6.07, 6.45) is 10.4. The fourth-order valence-corrected chi connectivity index (χ4v) is 5.14. The van der Waals surface area contributed by atoms with Gasteiger partial charge < -0.3 is 42.6 Å². The summed E-state index contributed by atoms with van der Waals surface area (Å²) in [6.45, 7) is 1.06. The highest BCUT2D eigenvalue weighted by Gasteiger charge is 2.19. The first-order valence-corrected chi connectivity index (χ1v) is 16.2. The molecule has 0 aliphatic carbocycles. The monoisotopic (exact) mass is 654 g/mol. The van der Waals surface area contributed by atoms with Crippen molar-refractivity contribution in [2.45, 2.75) is 76.7 Å². The maximum atomic E-state index is 12.6. The third-order valence-electron chi connectivity index (χ3n) is 7.52. The first-order valence-electron chi connectivity index (χ1n) is 16.2. The van der Waals surface area contributed by atoms with Crippen molar-refractivity contribution in [2.24, 2.45) is 0 Å². The van der Waals surface area contributed by atoms with Crippen molar-refractivity contribution in [3.8, 4) is 17.2 Å². The molecule has 0 amide bonds. The van der Waals surface area contributed by atoms with E-state index in [9.17, 15) is 14.4 Å². The van der Waals surface area contributed by atoms with E-state index in [-0.39, 0.29) is 37.6 Å². The summed E-state index contributed by atoms with van der Waals surface area (Å²) in [4.78, 5) is 37.3. The maximum absolute atomic E-state index is 12.6. The van der Waals surface area contributed by atoms with Gasteiger partial charge in [0.15, 0.2) is 18.9 Å². The summed E-state index contributed by atoms with van der Waals surface area (Å²) in [5.41, 5.74) is 1.41. The second kappa shape index (κ2) is 18.6. The molecule has 12 heteroatoms. The van der Waals surface area contributed by atoms with Crippen molar-refractivity contribution in [2.75, 3.05) is 39.6 Å². The SMILES string of the molecule is O=C(COC1CCCCO1)Oc1ccc(/C=C/c2cc(OC(=O)COC3CCCCO3)cc(OC(=O)COC3CCCCO3)c2)cc1. The highest BCUT2D eigenvalue weighted by molar-refractivity contribution is 5.78. The number of benzene rings is 2. The Balaban J connectivity index is 1.18. The molecule has 3 aliphatic heterocycles. The molecule has 0 radical (unpaired) electrons. The van der Waals surface area contributed by atoms with Gasteiger partial charge in [-0.1, -0.05) is 24.3 Å². The normalized spacial score (nSPS) is 21.7. The average molecular weight is 655 g/mol. The largest absolute Gasteiger partial charge is 0.425 e. The quantitative estimate of drug-likeness (QED) is 0.151. The van der Waals surface area contributed by atoms with Gasteiger partial charge in [-0.25, -0.2) is 14.4 Å². The summed E-state index contributed by atoms with van der Waals surface area (Å²) in [5, 5.41) is 0. The van der Waals surface area contributed by atoms with Gasteiger partial charge >= 0.3 is 17.9 Å². The summed E-state index contributed by atoms with van der Waals surface area (Å²) in [6, 6.07) is 11.6. The lowest BCUT2D eigenvalue weighted by Gasteiger charge is -2.22. The Bertz CT molecular complexity index is 1270. The van der Waals surface area contributed by atoms with Gasteiger partial charge in [0.05, 0.1) is 0 Å². The molecule has 0 saturated carbocycles. The van der Waals surface area contributed by atoms with Crippen LogP contribution in [0.5, 0.6) is 17.2 Å². The summed E-state index contributed by atoms with van der Waals surface area (Å²) < 4.78 is 49.5. The van der Waals surface area contributed by atoms with E-state index < -0.39 is 30.5 Å². The van der Waals surface area contributed by atoms with Gasteiger partial charge in [-0.15, -0.1) is 0 Å². The van der Waals surface area contributed by atoms with Crippen LogP contribution in [-0.4, -0.2) is 76.4 Å². The highest BCUT2D eigenvalue weighted by Crippen LogP contribution is 2.26. The lowest BCUT2D eigenvalue weighted by Crippen LogP contribution is -2.27. The van der Waals surface area contributed by atoms with Crippen LogP contribution in [0.4, 0.5) is 0 Å². The molecule has 0 N–H and O–H groups in total. The first kappa shape index (κ1) is 34.7. The molecule has 3 saturated heterocycles. The van der Waals surface area contributed by atoms with Crippen LogP contribution < -0.4 is 14.2 Å². The maximum Gasteiger partial charge on any atom is 0.337 e. The fraction of sp³-hybridized carbons (Fsp3) is 0.514. The average Bonchev–Trinajstić information content (AvgIpc) is 3.10. The number of hydrogen-bond donors (Lipinski definition) is 0. The Kier molecular flexibility index (Phi) is 13.7. The molecule has 47 heavy (non-hydrogen) atoms. The molecule has 0 bridgehead atoms. The smallest absolute Gasteiger partial charge is 0.337 e. The van der Waals surface area contributed by atoms with Crippen LogP contribution in [0, 0.1) is 0 Å². The Morgan fingerprint density at radius 1 is 0.532 bits per heavy atom. The Morgan fingerprint density at radius 3 is 1.34 bits per heavy atom. The van der Waals surface area contributed by atoms with Crippen LogP contribution in [0.3, 0.4) is 0 Å². The van der Waals surface area contributed by atoms with E-state index in [1.165, 1.54) is 6.07 Å². The van der Waals surface area contributed by atoms with Crippen molar-refractivity contribution in [3.63, 3.8) is 0 Å². The van der Waals surface area contributed by atoms with Gasteiger partial charge in [0.25, 0.3) is 0 Å². The zero-order chi connectivity index (χ0) is 32.7. The third-order valence-corrected chi connectivity index (χ3v) is 7.52. The molecule has 2 aromatic rings. The molecule has 2 aromatic carbocycles. The van der Waals surface area contributed by atoms with E-state index in [4.69, 9.17) is 42.6 Å². The number of esters is 3. The predicted octanol–water partition coefficient (Wildman–Crippen LogP) is 5.20. The minimum atomic E-state index is -0.614. The van der Waals surface area contributed by atoms with Crippen LogP contribution in [0.25, 0.3) is 12.2 Å². The molecule has 3 fully saturated rings. The molecule has 3 aliphatic rings. The first-order chi connectivity index (χ1) is 23.0. The van der Waals surface area contributed by atoms with Crippen LogP contribution in [0.15, 0.2) is 42.5 Å². The minimum absolute atomic E-state index is 0.174. The van der Waals surface area contributed by atoms with Crippen molar-refractivity contribution in [1.29, 1.82) is 0 Å². The van der Waals surface area contributed by atoms with Gasteiger partial charge in [0, 0.05) is 25.9 Å². The molecule has 3 heterocycles. The minimum Gasteiger partial charge on any atom is -0.425 e. The molecular formula is C35H42O12. The van der Waals surface area contributed by atoms with Gasteiger partial charge in [-0.2, -0.15) is 0 Å². The number of carbonyl (C=O) groups is 3. The van der Waals surface area contributed by atoms with Crippen LogP contribution in [0.1, 0.15) is 68.9 Å². The Hall–Kier alpha value is -3.65. The molecular weight excluding hydrogens is 612 g/mol. The number of ether oxygens (including phenoxy) is 9. The molecule has 254 valence electrons. The number of carbonyl (C=O) groups excluding carboxylic acids is 3. The highest BCUT2D eigenvalue weighted by atomic mass is 16.7. The van der Waals surface area contributed by atoms with Crippen LogP contribution in [-0.2, 0) is 42.8 Å². The Morgan fingerprint density at radius 2 is 0.936 bits per heavy atom. The lowest BCUT2D eigenvalue weighted by atomic mass is 10.1. The third kappa shape index (κ3) is 12.5. The molecule has 0 aromatic heterocycles. The van der Waals surface area contributed by atoms with E-state index in [1.807, 2.05) is 6.08 Å². The summed E-state index contributed by atoms with van der Waals surface area (Å²) in [5.74, 6) is -1.01. The lowest BCUT2D eigenvalue weighted by molar-refractivity contribution is -0.177. The van der Waals surface area contributed by atoms with E-state index in [1.54, 1.807) is 42.5 Å². The molecule has 3 unspecified atom stereocenters. The molecule has 5 rings (SSSR count). The van der Waals surface area contributed by atoms with E-state index >= 15 is 0 Å². The van der Waals surface area contributed by atoms with Crippen LogP contribution in [0.2, 0.25) is 0 Å². The summed E-state index contributed by atoms with van der Waals surface area (Å²) >= 11 is 0.